The van der Waals surface area contributed by atoms with Crippen molar-refractivity contribution in [2.45, 2.75) is 25.9 Å². The average molecular weight is 307 g/mol. The maximum absolute atomic E-state index is 12.3. The van der Waals surface area contributed by atoms with E-state index >= 15 is 0 Å². The van der Waals surface area contributed by atoms with Crippen molar-refractivity contribution < 1.29 is 9.53 Å². The summed E-state index contributed by atoms with van der Waals surface area (Å²) in [4.78, 5) is 22.6. The minimum atomic E-state index is -0.275. The summed E-state index contributed by atoms with van der Waals surface area (Å²) >= 11 is 1.42. The lowest BCUT2D eigenvalue weighted by molar-refractivity contribution is -0.0268. The van der Waals surface area contributed by atoms with Gasteiger partial charge in [0.1, 0.15) is 17.6 Å². The predicted molar refractivity (Wildman–Crippen MR) is 77.1 cm³/mol. The molecule has 21 heavy (non-hydrogen) atoms. The number of hydrogen-bond acceptors (Lipinski definition) is 6. The lowest BCUT2D eigenvalue weighted by Crippen LogP contribution is -2.42. The molecule has 1 fully saturated rings. The molecule has 2 aromatic rings. The molecule has 1 atom stereocenters. The Morgan fingerprint density at radius 3 is 3.29 bits per heavy atom. The monoisotopic (exact) mass is 307 g/mol. The first-order valence-electron chi connectivity index (χ1n) is 6.98. The normalized spacial score (nSPS) is 18.9. The van der Waals surface area contributed by atoms with Crippen molar-refractivity contribution in [3.05, 3.63) is 28.2 Å². The molecule has 112 valence electrons. The summed E-state index contributed by atoms with van der Waals surface area (Å²) in [6.45, 7) is 3.60. The highest BCUT2D eigenvalue weighted by atomic mass is 32.1. The zero-order valence-corrected chi connectivity index (χ0v) is 12.6. The van der Waals surface area contributed by atoms with Gasteiger partial charge in [-0.2, -0.15) is 5.10 Å². The minimum Gasteiger partial charge on any atom is -0.366 e. The summed E-state index contributed by atoms with van der Waals surface area (Å²) in [6.07, 6.45) is 1.60. The SMILES string of the molecule is CCCc1nc([C@H]2CN(C(=O)c3cscn3)CCO2)n[nH]1. The Morgan fingerprint density at radius 2 is 2.52 bits per heavy atom. The second kappa shape index (κ2) is 6.31. The number of H-pyrrole nitrogens is 1. The van der Waals surface area contributed by atoms with Crippen LogP contribution in [-0.2, 0) is 11.2 Å². The van der Waals surface area contributed by atoms with E-state index in [1.165, 1.54) is 11.3 Å². The Labute approximate surface area is 126 Å². The molecule has 1 aliphatic heterocycles. The second-order valence-electron chi connectivity index (χ2n) is 4.87. The molecule has 0 aliphatic carbocycles. The number of ether oxygens (including phenoxy) is 1. The second-order valence-corrected chi connectivity index (χ2v) is 5.59. The van der Waals surface area contributed by atoms with E-state index in [1.54, 1.807) is 15.8 Å². The standard InChI is InChI=1S/C13H17N5O2S/c1-2-3-11-15-12(17-16-11)10-6-18(4-5-20-10)13(19)9-7-21-8-14-9/h7-8,10H,2-6H2,1H3,(H,15,16,17)/t10-/m1/s1. The van der Waals surface area contributed by atoms with Crippen molar-refractivity contribution >= 4 is 17.2 Å². The summed E-state index contributed by atoms with van der Waals surface area (Å²) in [5.41, 5.74) is 2.15. The fraction of sp³-hybridized carbons (Fsp3) is 0.538. The number of aromatic amines is 1. The molecule has 0 saturated carbocycles. The first-order chi connectivity index (χ1) is 10.3. The van der Waals surface area contributed by atoms with Crippen LogP contribution in [0.4, 0.5) is 0 Å². The summed E-state index contributed by atoms with van der Waals surface area (Å²) in [7, 11) is 0. The molecule has 0 aromatic carbocycles. The van der Waals surface area contributed by atoms with Crippen LogP contribution in [0.3, 0.4) is 0 Å². The van der Waals surface area contributed by atoms with Crippen molar-refractivity contribution in [1.82, 2.24) is 25.1 Å². The van der Waals surface area contributed by atoms with Crippen LogP contribution in [-0.4, -0.2) is 50.7 Å². The van der Waals surface area contributed by atoms with E-state index in [9.17, 15) is 4.79 Å². The topological polar surface area (TPSA) is 84.0 Å². The molecule has 7 nitrogen and oxygen atoms in total. The van der Waals surface area contributed by atoms with E-state index in [1.807, 2.05) is 0 Å². The van der Waals surface area contributed by atoms with Crippen molar-refractivity contribution in [1.29, 1.82) is 0 Å². The molecule has 2 aromatic heterocycles. The Balaban J connectivity index is 1.69. The van der Waals surface area contributed by atoms with Crippen molar-refractivity contribution in [3.8, 4) is 0 Å². The first kappa shape index (κ1) is 14.2. The van der Waals surface area contributed by atoms with Crippen LogP contribution in [0.1, 0.15) is 41.6 Å². The summed E-state index contributed by atoms with van der Waals surface area (Å²) in [5.74, 6) is 1.42. The number of rotatable bonds is 4. The Bertz CT molecular complexity index is 597. The van der Waals surface area contributed by atoms with Crippen LogP contribution >= 0.6 is 11.3 Å². The van der Waals surface area contributed by atoms with Crippen LogP contribution in [0.2, 0.25) is 0 Å². The fourth-order valence-corrected chi connectivity index (χ4v) is 2.80. The predicted octanol–water partition coefficient (Wildman–Crippen LogP) is 1.43. The Morgan fingerprint density at radius 1 is 1.62 bits per heavy atom. The van der Waals surface area contributed by atoms with Crippen LogP contribution in [0.5, 0.6) is 0 Å². The van der Waals surface area contributed by atoms with Gasteiger partial charge in [-0.3, -0.25) is 9.89 Å². The highest BCUT2D eigenvalue weighted by Crippen LogP contribution is 2.20. The number of aryl methyl sites for hydroxylation is 1. The summed E-state index contributed by atoms with van der Waals surface area (Å²) in [6, 6.07) is 0. The third kappa shape index (κ3) is 3.11. The molecule has 1 saturated heterocycles. The maximum atomic E-state index is 12.3. The van der Waals surface area contributed by atoms with Gasteiger partial charge in [-0.1, -0.05) is 6.92 Å². The van der Waals surface area contributed by atoms with Gasteiger partial charge in [0.05, 0.1) is 18.7 Å². The lowest BCUT2D eigenvalue weighted by Gasteiger charge is -2.31. The Hall–Kier alpha value is -1.80. The van der Waals surface area contributed by atoms with Gasteiger partial charge in [0.2, 0.25) is 0 Å². The van der Waals surface area contributed by atoms with Crippen molar-refractivity contribution in [2.75, 3.05) is 19.7 Å². The number of amides is 1. The molecule has 3 rings (SSSR count). The van der Waals surface area contributed by atoms with Crippen LogP contribution in [0.15, 0.2) is 10.9 Å². The van der Waals surface area contributed by atoms with E-state index in [0.717, 1.165) is 18.7 Å². The molecular weight excluding hydrogens is 290 g/mol. The molecule has 1 amide bonds. The van der Waals surface area contributed by atoms with Crippen LogP contribution < -0.4 is 0 Å². The van der Waals surface area contributed by atoms with Gasteiger partial charge in [-0.25, -0.2) is 9.97 Å². The van der Waals surface area contributed by atoms with E-state index in [0.29, 0.717) is 31.2 Å². The number of carbonyl (C=O) groups is 1. The number of nitrogens with zero attached hydrogens (tertiary/aromatic N) is 4. The van der Waals surface area contributed by atoms with E-state index in [-0.39, 0.29) is 12.0 Å². The fourth-order valence-electron chi connectivity index (χ4n) is 2.27. The number of aromatic nitrogens is 4. The average Bonchev–Trinajstić information content (AvgIpc) is 3.18. The number of morpholine rings is 1. The summed E-state index contributed by atoms with van der Waals surface area (Å²) in [5, 5.41) is 8.89. The van der Waals surface area contributed by atoms with E-state index in [2.05, 4.69) is 27.1 Å². The molecule has 0 radical (unpaired) electrons. The molecule has 0 unspecified atom stereocenters. The maximum Gasteiger partial charge on any atom is 0.273 e. The molecule has 0 bridgehead atoms. The van der Waals surface area contributed by atoms with Gasteiger partial charge in [-0.15, -0.1) is 11.3 Å². The molecule has 1 N–H and O–H groups in total. The highest BCUT2D eigenvalue weighted by molar-refractivity contribution is 7.07. The quantitative estimate of drug-likeness (QED) is 0.923. The third-order valence-electron chi connectivity index (χ3n) is 3.33. The third-order valence-corrected chi connectivity index (χ3v) is 3.92. The van der Waals surface area contributed by atoms with Gasteiger partial charge < -0.3 is 9.64 Å². The number of nitrogens with one attached hydrogen (secondary N) is 1. The van der Waals surface area contributed by atoms with Gasteiger partial charge in [0.25, 0.3) is 5.91 Å². The van der Waals surface area contributed by atoms with Crippen molar-refractivity contribution in [3.63, 3.8) is 0 Å². The molecular formula is C13H17N5O2S. The van der Waals surface area contributed by atoms with Gasteiger partial charge in [-0.05, 0) is 6.42 Å². The van der Waals surface area contributed by atoms with Crippen LogP contribution in [0.25, 0.3) is 0 Å². The molecule has 0 spiro atoms. The Kier molecular flexibility index (Phi) is 4.26. The minimum absolute atomic E-state index is 0.0612. The summed E-state index contributed by atoms with van der Waals surface area (Å²) < 4.78 is 5.70. The largest absolute Gasteiger partial charge is 0.366 e. The highest BCUT2D eigenvalue weighted by Gasteiger charge is 2.29. The van der Waals surface area contributed by atoms with Gasteiger partial charge >= 0.3 is 0 Å². The van der Waals surface area contributed by atoms with E-state index in [4.69, 9.17) is 4.74 Å². The zero-order valence-electron chi connectivity index (χ0n) is 11.8. The molecule has 8 heteroatoms. The van der Waals surface area contributed by atoms with Gasteiger partial charge in [0, 0.05) is 18.3 Å². The van der Waals surface area contributed by atoms with Crippen molar-refractivity contribution in [2.24, 2.45) is 0 Å². The van der Waals surface area contributed by atoms with Crippen LogP contribution in [0, 0.1) is 0 Å². The number of hydrogen-bond donors (Lipinski definition) is 1. The number of carbonyl (C=O) groups excluding carboxylic acids is 1. The lowest BCUT2D eigenvalue weighted by atomic mass is 10.2. The zero-order chi connectivity index (χ0) is 14.7. The molecule has 3 heterocycles. The smallest absolute Gasteiger partial charge is 0.273 e. The van der Waals surface area contributed by atoms with Gasteiger partial charge in [0.15, 0.2) is 5.82 Å². The molecule has 1 aliphatic rings. The van der Waals surface area contributed by atoms with E-state index < -0.39 is 0 Å². The number of thiazole rings is 1. The first-order valence-corrected chi connectivity index (χ1v) is 7.92.